The zero-order valence-corrected chi connectivity index (χ0v) is 14.3. The predicted molar refractivity (Wildman–Crippen MR) is 94.0 cm³/mol. The molecule has 0 aliphatic carbocycles. The number of aliphatic carboxylic acids is 1. The van der Waals surface area contributed by atoms with Crippen LogP contribution in [-0.2, 0) is 9.59 Å². The van der Waals surface area contributed by atoms with E-state index in [1.54, 1.807) is 32.0 Å². The normalized spacial score (nSPS) is 14.5. The van der Waals surface area contributed by atoms with Gasteiger partial charge in [-0.15, -0.1) is 0 Å². The standard InChI is InChI=1S/C19H20ClNO3/c1-12(15-9-6-10-16(20)11-15)18(22)21-17(13(2)19(23)24)14-7-4-3-5-8-14/h3-13,17H,1-2H3,(H,21,22)(H,23,24). The Balaban J connectivity index is 2.22. The van der Waals surface area contributed by atoms with Crippen molar-refractivity contribution in [1.82, 2.24) is 5.32 Å². The summed E-state index contributed by atoms with van der Waals surface area (Å²) in [6.45, 7) is 3.36. The van der Waals surface area contributed by atoms with Gasteiger partial charge in [-0.05, 0) is 37.1 Å². The van der Waals surface area contributed by atoms with Crippen molar-refractivity contribution in [3.8, 4) is 0 Å². The first kappa shape index (κ1) is 18.0. The fourth-order valence-corrected chi connectivity index (χ4v) is 2.70. The lowest BCUT2D eigenvalue weighted by Gasteiger charge is -2.25. The lowest BCUT2D eigenvalue weighted by Crippen LogP contribution is -2.37. The van der Waals surface area contributed by atoms with E-state index in [-0.39, 0.29) is 5.91 Å². The number of carbonyl (C=O) groups is 2. The first-order valence-corrected chi connectivity index (χ1v) is 8.11. The highest BCUT2D eigenvalue weighted by Gasteiger charge is 2.28. The van der Waals surface area contributed by atoms with Crippen LogP contribution in [-0.4, -0.2) is 17.0 Å². The smallest absolute Gasteiger partial charge is 0.308 e. The average molecular weight is 346 g/mol. The SMILES string of the molecule is CC(C(=O)NC(c1ccccc1)C(C)C(=O)O)c1cccc(Cl)c1. The molecule has 2 rings (SSSR count). The second-order valence-corrected chi connectivity index (χ2v) is 6.24. The van der Waals surface area contributed by atoms with Crippen molar-refractivity contribution in [3.63, 3.8) is 0 Å². The molecule has 0 saturated heterocycles. The summed E-state index contributed by atoms with van der Waals surface area (Å²) in [7, 11) is 0. The molecule has 1 amide bonds. The predicted octanol–water partition coefficient (Wildman–Crippen LogP) is 4.02. The van der Waals surface area contributed by atoms with Crippen molar-refractivity contribution in [1.29, 1.82) is 0 Å². The van der Waals surface area contributed by atoms with Crippen LogP contribution in [0.25, 0.3) is 0 Å². The van der Waals surface area contributed by atoms with Gasteiger partial charge in [0.2, 0.25) is 5.91 Å². The monoisotopic (exact) mass is 345 g/mol. The number of carbonyl (C=O) groups excluding carboxylic acids is 1. The Kier molecular flexibility index (Phi) is 5.99. The number of hydrogen-bond acceptors (Lipinski definition) is 2. The van der Waals surface area contributed by atoms with E-state index >= 15 is 0 Å². The van der Waals surface area contributed by atoms with Crippen LogP contribution in [0.5, 0.6) is 0 Å². The van der Waals surface area contributed by atoms with Crippen LogP contribution in [0.1, 0.15) is 36.9 Å². The Morgan fingerprint density at radius 2 is 1.62 bits per heavy atom. The summed E-state index contributed by atoms with van der Waals surface area (Å²) in [6, 6.07) is 15.6. The maximum absolute atomic E-state index is 12.6. The molecule has 0 heterocycles. The molecule has 24 heavy (non-hydrogen) atoms. The summed E-state index contributed by atoms with van der Waals surface area (Å²) in [6.07, 6.45) is 0. The van der Waals surface area contributed by atoms with E-state index in [1.165, 1.54) is 0 Å². The third kappa shape index (κ3) is 4.36. The van der Waals surface area contributed by atoms with Crippen LogP contribution >= 0.6 is 11.6 Å². The molecule has 3 unspecified atom stereocenters. The number of rotatable bonds is 6. The van der Waals surface area contributed by atoms with Crippen LogP contribution in [0.3, 0.4) is 0 Å². The van der Waals surface area contributed by atoms with E-state index in [9.17, 15) is 14.7 Å². The van der Waals surface area contributed by atoms with Crippen LogP contribution in [0.2, 0.25) is 5.02 Å². The van der Waals surface area contributed by atoms with Crippen LogP contribution in [0.4, 0.5) is 0 Å². The Hall–Kier alpha value is -2.33. The molecule has 2 aromatic rings. The lowest BCUT2D eigenvalue weighted by atomic mass is 9.93. The van der Waals surface area contributed by atoms with E-state index in [1.807, 2.05) is 36.4 Å². The Labute approximate surface area is 146 Å². The molecule has 4 nitrogen and oxygen atoms in total. The Morgan fingerprint density at radius 1 is 1.00 bits per heavy atom. The maximum atomic E-state index is 12.6. The molecule has 2 aromatic carbocycles. The van der Waals surface area contributed by atoms with Gasteiger partial charge in [-0.2, -0.15) is 0 Å². The van der Waals surface area contributed by atoms with Gasteiger partial charge < -0.3 is 10.4 Å². The van der Waals surface area contributed by atoms with Crippen molar-refractivity contribution in [2.24, 2.45) is 5.92 Å². The van der Waals surface area contributed by atoms with Crippen LogP contribution in [0, 0.1) is 5.92 Å². The topological polar surface area (TPSA) is 66.4 Å². The molecule has 3 atom stereocenters. The molecule has 126 valence electrons. The summed E-state index contributed by atoms with van der Waals surface area (Å²) in [5, 5.41) is 12.8. The number of benzene rings is 2. The minimum Gasteiger partial charge on any atom is -0.481 e. The van der Waals surface area contributed by atoms with E-state index in [4.69, 9.17) is 11.6 Å². The fourth-order valence-electron chi connectivity index (χ4n) is 2.51. The number of amides is 1. The minimum absolute atomic E-state index is 0.237. The summed E-state index contributed by atoms with van der Waals surface area (Å²) in [4.78, 5) is 24.0. The molecule has 0 bridgehead atoms. The highest BCUT2D eigenvalue weighted by atomic mass is 35.5. The van der Waals surface area contributed by atoms with Gasteiger partial charge in [0, 0.05) is 5.02 Å². The molecular formula is C19H20ClNO3. The van der Waals surface area contributed by atoms with Crippen molar-refractivity contribution in [2.45, 2.75) is 25.8 Å². The van der Waals surface area contributed by atoms with Crippen molar-refractivity contribution >= 4 is 23.5 Å². The summed E-state index contributed by atoms with van der Waals surface area (Å²) in [5.74, 6) is -2.38. The van der Waals surface area contributed by atoms with Gasteiger partial charge in [0.15, 0.2) is 0 Å². The fraction of sp³-hybridized carbons (Fsp3) is 0.263. The largest absolute Gasteiger partial charge is 0.481 e. The van der Waals surface area contributed by atoms with Gasteiger partial charge in [0.05, 0.1) is 17.9 Å². The van der Waals surface area contributed by atoms with Crippen molar-refractivity contribution < 1.29 is 14.7 Å². The number of carboxylic acids is 1. The van der Waals surface area contributed by atoms with Crippen LogP contribution < -0.4 is 5.32 Å². The highest BCUT2D eigenvalue weighted by Crippen LogP contribution is 2.25. The summed E-state index contributed by atoms with van der Waals surface area (Å²) in [5.41, 5.74) is 1.55. The van der Waals surface area contributed by atoms with Crippen LogP contribution in [0.15, 0.2) is 54.6 Å². The molecule has 0 spiro atoms. The van der Waals surface area contributed by atoms with Gasteiger partial charge in [-0.3, -0.25) is 9.59 Å². The quantitative estimate of drug-likeness (QED) is 0.830. The number of hydrogen-bond donors (Lipinski definition) is 2. The second-order valence-electron chi connectivity index (χ2n) is 5.80. The molecular weight excluding hydrogens is 326 g/mol. The molecule has 0 aliphatic heterocycles. The summed E-state index contributed by atoms with van der Waals surface area (Å²) >= 11 is 5.98. The Bertz CT molecular complexity index is 718. The average Bonchev–Trinajstić information content (AvgIpc) is 2.58. The number of carboxylic acid groups (broad SMARTS) is 1. The first-order chi connectivity index (χ1) is 11.4. The summed E-state index contributed by atoms with van der Waals surface area (Å²) < 4.78 is 0. The minimum atomic E-state index is -0.959. The second kappa shape index (κ2) is 7.97. The maximum Gasteiger partial charge on any atom is 0.308 e. The highest BCUT2D eigenvalue weighted by molar-refractivity contribution is 6.30. The van der Waals surface area contributed by atoms with Gasteiger partial charge >= 0.3 is 5.97 Å². The first-order valence-electron chi connectivity index (χ1n) is 7.73. The van der Waals surface area contributed by atoms with E-state index in [2.05, 4.69) is 5.32 Å². The molecule has 0 saturated carbocycles. The third-order valence-corrected chi connectivity index (χ3v) is 4.32. The molecule has 0 aliphatic rings. The Morgan fingerprint density at radius 3 is 2.21 bits per heavy atom. The van der Waals surface area contributed by atoms with Crippen molar-refractivity contribution in [2.75, 3.05) is 0 Å². The molecule has 0 fully saturated rings. The van der Waals surface area contributed by atoms with Gasteiger partial charge in [0.1, 0.15) is 0 Å². The van der Waals surface area contributed by atoms with Gasteiger partial charge in [-0.1, -0.05) is 54.1 Å². The van der Waals surface area contributed by atoms with Crippen molar-refractivity contribution in [3.05, 3.63) is 70.7 Å². The zero-order valence-electron chi connectivity index (χ0n) is 13.6. The molecule has 0 radical (unpaired) electrons. The molecule has 5 heteroatoms. The third-order valence-electron chi connectivity index (χ3n) is 4.09. The van der Waals surface area contributed by atoms with Gasteiger partial charge in [-0.25, -0.2) is 0 Å². The van der Waals surface area contributed by atoms with E-state index < -0.39 is 23.8 Å². The number of halogens is 1. The lowest BCUT2D eigenvalue weighted by molar-refractivity contribution is -0.142. The molecule has 2 N–H and O–H groups in total. The van der Waals surface area contributed by atoms with Gasteiger partial charge in [0.25, 0.3) is 0 Å². The van der Waals surface area contributed by atoms with E-state index in [0.717, 1.165) is 11.1 Å². The zero-order chi connectivity index (χ0) is 17.7. The molecule has 0 aromatic heterocycles. The number of nitrogens with one attached hydrogen (secondary N) is 1. The van der Waals surface area contributed by atoms with E-state index in [0.29, 0.717) is 5.02 Å².